The molecule has 0 spiro atoms. The number of rotatable bonds is 8. The fraction of sp³-hybridized carbons (Fsp3) is 0.727. The molecule has 30 heavy (non-hydrogen) atoms. The van der Waals surface area contributed by atoms with Gasteiger partial charge in [0.2, 0.25) is 5.91 Å². The molecular weight excluding hydrogens is 384 g/mol. The van der Waals surface area contributed by atoms with Gasteiger partial charge in [-0.2, -0.15) is 0 Å². The van der Waals surface area contributed by atoms with Gasteiger partial charge in [-0.05, 0) is 44.2 Å². The number of carbonyl (C=O) groups is 1. The second-order valence-electron chi connectivity index (χ2n) is 8.19. The first-order valence-electron chi connectivity index (χ1n) is 11.1. The molecule has 1 aromatic heterocycles. The first-order valence-corrected chi connectivity index (χ1v) is 11.1. The highest BCUT2D eigenvalue weighted by molar-refractivity contribution is 5.84. The van der Waals surface area contributed by atoms with Crippen molar-refractivity contribution in [2.45, 2.75) is 50.7 Å². The van der Waals surface area contributed by atoms with Crippen LogP contribution >= 0.6 is 0 Å². The predicted molar refractivity (Wildman–Crippen MR) is 116 cm³/mol. The highest BCUT2D eigenvalue weighted by Crippen LogP contribution is 2.18. The maximum absolute atomic E-state index is 12.0. The number of amides is 1. The minimum atomic E-state index is -0.00830. The Bertz CT molecular complexity index is 648. The number of piperidine rings is 1. The summed E-state index contributed by atoms with van der Waals surface area (Å²) in [7, 11) is 3.50. The van der Waals surface area contributed by atoms with E-state index in [1.807, 2.05) is 12.1 Å². The van der Waals surface area contributed by atoms with Gasteiger partial charge in [0.25, 0.3) is 0 Å². The number of likely N-dealkylation sites (N-methyl/N-ethyl adjacent to an activating group) is 1. The van der Waals surface area contributed by atoms with Gasteiger partial charge >= 0.3 is 0 Å². The lowest BCUT2D eigenvalue weighted by molar-refractivity contribution is -0.127. The summed E-state index contributed by atoms with van der Waals surface area (Å²) in [5.74, 6) is 1.71. The molecule has 3 heterocycles. The second-order valence-corrected chi connectivity index (χ2v) is 8.19. The van der Waals surface area contributed by atoms with Crippen molar-refractivity contribution in [1.29, 1.82) is 0 Å². The van der Waals surface area contributed by atoms with E-state index in [0.29, 0.717) is 13.2 Å². The van der Waals surface area contributed by atoms with Crippen LogP contribution in [0.4, 0.5) is 0 Å². The molecule has 0 saturated carbocycles. The number of ether oxygens (including phenoxy) is 2. The number of carbonyl (C=O) groups excluding carboxylic acids is 1. The number of guanidine groups is 1. The summed E-state index contributed by atoms with van der Waals surface area (Å²) in [6, 6.07) is 3.86. The van der Waals surface area contributed by atoms with Gasteiger partial charge in [-0.15, -0.1) is 0 Å². The number of nitrogens with zero attached hydrogens (tertiary/aromatic N) is 3. The number of likely N-dealkylation sites (tertiary alicyclic amines) is 1. The molecule has 0 aliphatic carbocycles. The monoisotopic (exact) mass is 420 g/mol. The lowest BCUT2D eigenvalue weighted by Crippen LogP contribution is -2.48. The van der Waals surface area contributed by atoms with Crippen LogP contribution in [0, 0.1) is 0 Å². The van der Waals surface area contributed by atoms with Crippen molar-refractivity contribution < 1.29 is 18.7 Å². The Labute approximate surface area is 179 Å². The molecule has 168 valence electrons. The third-order valence-electron chi connectivity index (χ3n) is 5.63. The molecular formula is C22H36N4O4. The molecule has 2 aliphatic heterocycles. The van der Waals surface area contributed by atoms with Crippen LogP contribution in [0.2, 0.25) is 0 Å². The van der Waals surface area contributed by atoms with Crippen LogP contribution in [0.3, 0.4) is 0 Å². The molecule has 0 aromatic carbocycles. The van der Waals surface area contributed by atoms with Crippen LogP contribution in [0.15, 0.2) is 27.8 Å². The van der Waals surface area contributed by atoms with Crippen molar-refractivity contribution in [3.05, 3.63) is 24.2 Å². The normalized spacial score (nSPS) is 20.9. The third kappa shape index (κ3) is 7.32. The summed E-state index contributed by atoms with van der Waals surface area (Å²) in [6.07, 6.45) is 8.39. The molecule has 1 aromatic rings. The van der Waals surface area contributed by atoms with E-state index < -0.39 is 0 Å². The number of furan rings is 1. The van der Waals surface area contributed by atoms with E-state index in [0.717, 1.165) is 57.1 Å². The van der Waals surface area contributed by atoms with Gasteiger partial charge in [0.05, 0.1) is 25.1 Å². The van der Waals surface area contributed by atoms with E-state index >= 15 is 0 Å². The lowest BCUT2D eigenvalue weighted by Gasteiger charge is -2.35. The highest BCUT2D eigenvalue weighted by Gasteiger charge is 2.24. The van der Waals surface area contributed by atoms with Gasteiger partial charge in [0, 0.05) is 46.8 Å². The number of nitrogens with one attached hydrogen (secondary N) is 1. The zero-order valence-electron chi connectivity index (χ0n) is 18.3. The number of hydrogen-bond acceptors (Lipinski definition) is 5. The van der Waals surface area contributed by atoms with Crippen molar-refractivity contribution in [3.8, 4) is 0 Å². The minimum Gasteiger partial charge on any atom is -0.469 e. The Morgan fingerprint density at radius 3 is 2.80 bits per heavy atom. The van der Waals surface area contributed by atoms with E-state index in [1.54, 1.807) is 25.3 Å². The number of aliphatic imine (C=N–C) groups is 1. The summed E-state index contributed by atoms with van der Waals surface area (Å²) in [5.41, 5.74) is 0. The smallest absolute Gasteiger partial charge is 0.243 e. The molecule has 1 unspecified atom stereocenters. The first-order chi connectivity index (χ1) is 14.6. The van der Waals surface area contributed by atoms with E-state index in [2.05, 4.69) is 15.2 Å². The van der Waals surface area contributed by atoms with E-state index in [4.69, 9.17) is 13.9 Å². The van der Waals surface area contributed by atoms with Gasteiger partial charge in [-0.25, -0.2) is 4.99 Å². The lowest BCUT2D eigenvalue weighted by atomic mass is 10.1. The molecule has 3 rings (SSSR count). The number of hydrogen-bond donors (Lipinski definition) is 1. The van der Waals surface area contributed by atoms with Crippen LogP contribution in [-0.4, -0.2) is 87.4 Å². The molecule has 0 radical (unpaired) electrons. The Morgan fingerprint density at radius 2 is 2.13 bits per heavy atom. The van der Waals surface area contributed by atoms with Crippen LogP contribution in [0.1, 0.15) is 37.9 Å². The van der Waals surface area contributed by atoms with Gasteiger partial charge < -0.3 is 29.0 Å². The van der Waals surface area contributed by atoms with Crippen molar-refractivity contribution >= 4 is 11.9 Å². The zero-order valence-corrected chi connectivity index (χ0v) is 18.3. The molecule has 1 amide bonds. The maximum atomic E-state index is 12.0. The maximum Gasteiger partial charge on any atom is 0.243 e. The van der Waals surface area contributed by atoms with E-state index in [-0.39, 0.29) is 24.7 Å². The predicted octanol–water partition coefficient (Wildman–Crippen LogP) is 1.91. The Hall–Kier alpha value is -2.06. The van der Waals surface area contributed by atoms with Crippen LogP contribution in [-0.2, 0) is 20.7 Å². The summed E-state index contributed by atoms with van der Waals surface area (Å²) >= 11 is 0. The first kappa shape index (κ1) is 22.6. The average molecular weight is 421 g/mol. The van der Waals surface area contributed by atoms with Crippen molar-refractivity contribution in [2.75, 3.05) is 53.5 Å². The molecule has 1 atom stereocenters. The summed E-state index contributed by atoms with van der Waals surface area (Å²) in [4.78, 5) is 20.4. The average Bonchev–Trinajstić information content (AvgIpc) is 3.29. The summed E-state index contributed by atoms with van der Waals surface area (Å²) in [6.45, 7) is 4.13. The van der Waals surface area contributed by atoms with Gasteiger partial charge in [-0.3, -0.25) is 4.79 Å². The Kier molecular flexibility index (Phi) is 9.01. The molecule has 8 nitrogen and oxygen atoms in total. The van der Waals surface area contributed by atoms with Crippen molar-refractivity contribution in [1.82, 2.24) is 15.1 Å². The van der Waals surface area contributed by atoms with E-state index in [1.165, 1.54) is 12.8 Å². The zero-order chi connectivity index (χ0) is 21.2. The third-order valence-corrected chi connectivity index (χ3v) is 5.63. The molecule has 8 heteroatoms. The van der Waals surface area contributed by atoms with Gasteiger partial charge in [0.1, 0.15) is 12.3 Å². The van der Waals surface area contributed by atoms with E-state index in [9.17, 15) is 4.79 Å². The Morgan fingerprint density at radius 1 is 1.30 bits per heavy atom. The molecule has 2 saturated heterocycles. The molecule has 2 fully saturated rings. The van der Waals surface area contributed by atoms with Gasteiger partial charge in [0.15, 0.2) is 5.96 Å². The fourth-order valence-corrected chi connectivity index (χ4v) is 3.72. The molecule has 1 N–H and O–H groups in total. The summed E-state index contributed by atoms with van der Waals surface area (Å²) in [5, 5.41) is 3.40. The molecule has 0 bridgehead atoms. The highest BCUT2D eigenvalue weighted by atomic mass is 16.5. The van der Waals surface area contributed by atoms with Crippen LogP contribution in [0.5, 0.6) is 0 Å². The largest absolute Gasteiger partial charge is 0.469 e. The molecule has 2 aliphatic rings. The Balaban J connectivity index is 1.47. The fourth-order valence-electron chi connectivity index (χ4n) is 3.72. The standard InChI is InChI=1S/C22H36N4O4/c1-25(2)21(27)16-24-22(23-11-8-18-7-5-15-28-18)26-12-9-19(10-13-26)30-17-20-6-3-4-14-29-20/h5,7,15,19-20H,3-4,6,8-14,16-17H2,1-2H3,(H,23,24). The second kappa shape index (κ2) is 12.0. The SMILES string of the molecule is CN(C)C(=O)CN=C(NCCc1ccco1)N1CCC(OCC2CCCCO2)CC1. The quantitative estimate of drug-likeness (QED) is 0.511. The van der Waals surface area contributed by atoms with Crippen molar-refractivity contribution in [2.24, 2.45) is 4.99 Å². The summed E-state index contributed by atoms with van der Waals surface area (Å²) < 4.78 is 17.3. The topological polar surface area (TPSA) is 79.5 Å². The van der Waals surface area contributed by atoms with Crippen LogP contribution < -0.4 is 5.32 Å². The van der Waals surface area contributed by atoms with Crippen molar-refractivity contribution in [3.63, 3.8) is 0 Å². The van der Waals surface area contributed by atoms with Gasteiger partial charge in [-0.1, -0.05) is 0 Å². The minimum absolute atomic E-state index is 0.00830. The van der Waals surface area contributed by atoms with Crippen LogP contribution in [0.25, 0.3) is 0 Å².